The second kappa shape index (κ2) is 8.54. The van der Waals surface area contributed by atoms with E-state index in [0.29, 0.717) is 20.8 Å². The summed E-state index contributed by atoms with van der Waals surface area (Å²) in [6.07, 6.45) is 3.68. The van der Waals surface area contributed by atoms with Gasteiger partial charge in [-0.25, -0.2) is 4.79 Å². The lowest BCUT2D eigenvalue weighted by molar-refractivity contribution is 0.262. The summed E-state index contributed by atoms with van der Waals surface area (Å²) in [7, 11) is 0. The Balaban J connectivity index is 1.59. The standard InChI is InChI=1S/C21H21ClN4OS/c1-21(2,3)15-9-11-16(12-10-15)23-19(27)24-20-26-25-18(28-20)13-8-14-6-4-5-7-17(14)22/h4-13H,1-3H3,(H2,23,24,26,27). The Morgan fingerprint density at radius 1 is 1.00 bits per heavy atom. The summed E-state index contributed by atoms with van der Waals surface area (Å²) >= 11 is 7.41. The van der Waals surface area contributed by atoms with Crippen LogP contribution in [0.3, 0.4) is 0 Å². The molecule has 0 aliphatic rings. The van der Waals surface area contributed by atoms with Gasteiger partial charge in [-0.05, 0) is 40.8 Å². The number of urea groups is 1. The Kier molecular flexibility index (Phi) is 6.11. The van der Waals surface area contributed by atoms with E-state index >= 15 is 0 Å². The molecule has 0 unspecified atom stereocenters. The molecule has 1 heterocycles. The van der Waals surface area contributed by atoms with Gasteiger partial charge in [-0.2, -0.15) is 0 Å². The zero-order valence-electron chi connectivity index (χ0n) is 15.9. The molecule has 0 atom stereocenters. The Morgan fingerprint density at radius 2 is 1.71 bits per heavy atom. The molecule has 3 rings (SSSR count). The summed E-state index contributed by atoms with van der Waals surface area (Å²) in [5, 5.41) is 15.3. The van der Waals surface area contributed by atoms with Crippen molar-refractivity contribution in [1.82, 2.24) is 10.2 Å². The van der Waals surface area contributed by atoms with Gasteiger partial charge in [0.25, 0.3) is 0 Å². The third kappa shape index (κ3) is 5.41. The van der Waals surface area contributed by atoms with E-state index in [-0.39, 0.29) is 11.4 Å². The lowest BCUT2D eigenvalue weighted by Crippen LogP contribution is -2.19. The largest absolute Gasteiger partial charge is 0.325 e. The number of nitrogens with one attached hydrogen (secondary N) is 2. The average molecular weight is 413 g/mol. The van der Waals surface area contributed by atoms with E-state index in [2.05, 4.69) is 41.6 Å². The van der Waals surface area contributed by atoms with Crippen LogP contribution in [0.4, 0.5) is 15.6 Å². The first kappa shape index (κ1) is 20.0. The minimum Gasteiger partial charge on any atom is -0.308 e. The maximum atomic E-state index is 12.2. The molecule has 2 amide bonds. The molecule has 0 radical (unpaired) electrons. The molecule has 0 aliphatic carbocycles. The van der Waals surface area contributed by atoms with Gasteiger partial charge >= 0.3 is 6.03 Å². The molecule has 0 aliphatic heterocycles. The number of anilines is 2. The van der Waals surface area contributed by atoms with Crippen LogP contribution >= 0.6 is 22.9 Å². The van der Waals surface area contributed by atoms with Crippen LogP contribution in [0.2, 0.25) is 5.02 Å². The molecular weight excluding hydrogens is 392 g/mol. The van der Waals surface area contributed by atoms with Crippen molar-refractivity contribution in [3.8, 4) is 0 Å². The first-order chi connectivity index (χ1) is 13.3. The molecule has 28 heavy (non-hydrogen) atoms. The number of carbonyl (C=O) groups excluding carboxylic acids is 1. The molecule has 0 fully saturated rings. The molecular formula is C21H21ClN4OS. The quantitative estimate of drug-likeness (QED) is 0.528. The van der Waals surface area contributed by atoms with Crippen molar-refractivity contribution in [3.05, 3.63) is 69.7 Å². The van der Waals surface area contributed by atoms with Crippen molar-refractivity contribution in [2.24, 2.45) is 0 Å². The molecule has 0 saturated carbocycles. The summed E-state index contributed by atoms with van der Waals surface area (Å²) in [6, 6.07) is 15.0. The SMILES string of the molecule is CC(C)(C)c1ccc(NC(=O)Nc2nnc(C=Cc3ccccc3Cl)s2)cc1. The van der Waals surface area contributed by atoms with Crippen molar-refractivity contribution in [2.45, 2.75) is 26.2 Å². The Hall–Kier alpha value is -2.70. The second-order valence-electron chi connectivity index (χ2n) is 7.21. The van der Waals surface area contributed by atoms with Gasteiger partial charge in [-0.15, -0.1) is 10.2 Å². The monoisotopic (exact) mass is 412 g/mol. The van der Waals surface area contributed by atoms with Gasteiger partial charge < -0.3 is 5.32 Å². The number of hydrogen-bond acceptors (Lipinski definition) is 4. The van der Waals surface area contributed by atoms with Crippen LogP contribution in [0, 0.1) is 0 Å². The highest BCUT2D eigenvalue weighted by molar-refractivity contribution is 7.16. The third-order valence-electron chi connectivity index (χ3n) is 3.98. The molecule has 5 nitrogen and oxygen atoms in total. The van der Waals surface area contributed by atoms with E-state index in [1.165, 1.54) is 16.9 Å². The first-order valence-electron chi connectivity index (χ1n) is 8.76. The normalized spacial score (nSPS) is 11.6. The third-order valence-corrected chi connectivity index (χ3v) is 5.13. The van der Waals surface area contributed by atoms with Crippen molar-refractivity contribution in [2.75, 3.05) is 10.6 Å². The van der Waals surface area contributed by atoms with E-state index in [4.69, 9.17) is 11.6 Å². The number of rotatable bonds is 4. The zero-order valence-corrected chi connectivity index (χ0v) is 17.4. The van der Waals surface area contributed by atoms with Crippen LogP contribution in [-0.4, -0.2) is 16.2 Å². The summed E-state index contributed by atoms with van der Waals surface area (Å²) < 4.78 is 0. The Bertz CT molecular complexity index is 990. The molecule has 7 heteroatoms. The number of benzene rings is 2. The van der Waals surface area contributed by atoms with Crippen molar-refractivity contribution >= 4 is 51.9 Å². The number of aromatic nitrogens is 2. The predicted octanol–water partition coefficient (Wildman–Crippen LogP) is 6.30. The maximum Gasteiger partial charge on any atom is 0.325 e. The Morgan fingerprint density at radius 3 is 2.39 bits per heavy atom. The van der Waals surface area contributed by atoms with Crippen LogP contribution in [-0.2, 0) is 5.41 Å². The highest BCUT2D eigenvalue weighted by Gasteiger charge is 2.13. The summed E-state index contributed by atoms with van der Waals surface area (Å²) in [4.78, 5) is 12.2. The molecule has 2 aromatic carbocycles. The average Bonchev–Trinajstić information content (AvgIpc) is 3.08. The van der Waals surface area contributed by atoms with Gasteiger partial charge in [0.2, 0.25) is 5.13 Å². The molecule has 2 N–H and O–H groups in total. The van der Waals surface area contributed by atoms with Crippen LogP contribution in [0.25, 0.3) is 12.2 Å². The molecule has 0 saturated heterocycles. The van der Waals surface area contributed by atoms with Gasteiger partial charge in [-0.1, -0.05) is 80.1 Å². The number of carbonyl (C=O) groups is 1. The fourth-order valence-electron chi connectivity index (χ4n) is 2.44. The van der Waals surface area contributed by atoms with E-state index in [1.807, 2.05) is 60.7 Å². The van der Waals surface area contributed by atoms with Gasteiger partial charge in [0.15, 0.2) is 0 Å². The van der Waals surface area contributed by atoms with Crippen LogP contribution < -0.4 is 10.6 Å². The number of halogens is 1. The molecule has 0 spiro atoms. The van der Waals surface area contributed by atoms with E-state index in [1.54, 1.807) is 0 Å². The number of amides is 2. The van der Waals surface area contributed by atoms with E-state index in [9.17, 15) is 4.79 Å². The highest BCUT2D eigenvalue weighted by atomic mass is 35.5. The van der Waals surface area contributed by atoms with Crippen molar-refractivity contribution in [3.63, 3.8) is 0 Å². The number of nitrogens with zero attached hydrogens (tertiary/aromatic N) is 2. The second-order valence-corrected chi connectivity index (χ2v) is 8.62. The summed E-state index contributed by atoms with van der Waals surface area (Å²) in [5.74, 6) is 0. The van der Waals surface area contributed by atoms with Crippen LogP contribution in [0.1, 0.15) is 36.9 Å². The molecule has 3 aromatic rings. The van der Waals surface area contributed by atoms with Gasteiger partial charge in [0, 0.05) is 10.7 Å². The van der Waals surface area contributed by atoms with Crippen LogP contribution in [0.5, 0.6) is 0 Å². The maximum absolute atomic E-state index is 12.2. The van der Waals surface area contributed by atoms with Gasteiger partial charge in [-0.3, -0.25) is 5.32 Å². The van der Waals surface area contributed by atoms with Crippen molar-refractivity contribution in [1.29, 1.82) is 0 Å². The summed E-state index contributed by atoms with van der Waals surface area (Å²) in [5.41, 5.74) is 2.89. The van der Waals surface area contributed by atoms with E-state index in [0.717, 1.165) is 5.56 Å². The molecule has 1 aromatic heterocycles. The predicted molar refractivity (Wildman–Crippen MR) is 118 cm³/mol. The fraction of sp³-hybridized carbons (Fsp3) is 0.190. The minimum absolute atomic E-state index is 0.0707. The highest BCUT2D eigenvalue weighted by Crippen LogP contribution is 2.24. The number of hydrogen-bond donors (Lipinski definition) is 2. The smallest absolute Gasteiger partial charge is 0.308 e. The molecule has 0 bridgehead atoms. The lowest BCUT2D eigenvalue weighted by Gasteiger charge is -2.19. The minimum atomic E-state index is -0.360. The van der Waals surface area contributed by atoms with Gasteiger partial charge in [0.1, 0.15) is 5.01 Å². The van der Waals surface area contributed by atoms with Crippen LogP contribution in [0.15, 0.2) is 48.5 Å². The Labute approximate surface area is 173 Å². The summed E-state index contributed by atoms with van der Waals surface area (Å²) in [6.45, 7) is 6.44. The lowest BCUT2D eigenvalue weighted by atomic mass is 9.87. The van der Waals surface area contributed by atoms with Gasteiger partial charge in [0.05, 0.1) is 0 Å². The molecule has 144 valence electrons. The first-order valence-corrected chi connectivity index (χ1v) is 9.95. The van der Waals surface area contributed by atoms with Crippen molar-refractivity contribution < 1.29 is 4.79 Å². The topological polar surface area (TPSA) is 66.9 Å². The fourth-order valence-corrected chi connectivity index (χ4v) is 3.28. The van der Waals surface area contributed by atoms with E-state index < -0.39 is 0 Å². The zero-order chi connectivity index (χ0) is 20.1.